The maximum Gasteiger partial charge on any atom is 0.213 e. The number of pyridine rings is 2. The fourth-order valence-corrected chi connectivity index (χ4v) is 4.20. The van der Waals surface area contributed by atoms with Crippen LogP contribution in [0.5, 0.6) is 5.88 Å². The lowest BCUT2D eigenvalue weighted by atomic mass is 9.77. The second kappa shape index (κ2) is 8.19. The van der Waals surface area contributed by atoms with Crippen LogP contribution < -0.4 is 10.1 Å². The number of rotatable bonds is 6. The molecule has 4 heterocycles. The second-order valence-corrected chi connectivity index (χ2v) is 8.37. The molecule has 3 aromatic heterocycles. The van der Waals surface area contributed by atoms with Gasteiger partial charge in [0.1, 0.15) is 18.0 Å². The summed E-state index contributed by atoms with van der Waals surface area (Å²) in [5, 5.41) is 11.8. The minimum Gasteiger partial charge on any atom is -0.471 e. The molecule has 0 amide bonds. The fourth-order valence-electron chi connectivity index (χ4n) is 4.20. The number of aromatic nitrogens is 5. The van der Waals surface area contributed by atoms with Crippen molar-refractivity contribution in [3.63, 3.8) is 0 Å². The molecular formula is C23H26N6O2. The zero-order valence-electron chi connectivity index (χ0n) is 17.8. The lowest BCUT2D eigenvalue weighted by molar-refractivity contribution is -0.127. The molecule has 1 fully saturated rings. The first-order chi connectivity index (χ1) is 15.1. The molecule has 0 aromatic carbocycles. The standard InChI is InChI=1S/C23H26N6O2/c1-14-6-7-17(11-25-14)21-19(29(2)28-27-21)13-31-20-10-16-8-9-24-22(18(16)12-26-20)23(30)15-4-3-5-15/h6-7,10-12,15,22,24H,3-5,8-9,13H2,1-2H3. The first-order valence-corrected chi connectivity index (χ1v) is 10.8. The van der Waals surface area contributed by atoms with E-state index in [9.17, 15) is 4.79 Å². The Morgan fingerprint density at radius 2 is 2.13 bits per heavy atom. The summed E-state index contributed by atoms with van der Waals surface area (Å²) < 4.78 is 7.73. The van der Waals surface area contributed by atoms with Crippen LogP contribution in [0, 0.1) is 12.8 Å². The van der Waals surface area contributed by atoms with Gasteiger partial charge < -0.3 is 10.1 Å². The summed E-state index contributed by atoms with van der Waals surface area (Å²) in [6, 6.07) is 5.67. The Balaban J connectivity index is 1.34. The number of fused-ring (bicyclic) bond motifs is 1. The number of nitrogens with one attached hydrogen (secondary N) is 1. The van der Waals surface area contributed by atoms with E-state index >= 15 is 0 Å². The molecule has 1 N–H and O–H groups in total. The van der Waals surface area contributed by atoms with Crippen molar-refractivity contribution >= 4 is 5.78 Å². The van der Waals surface area contributed by atoms with Crippen molar-refractivity contribution in [2.75, 3.05) is 6.54 Å². The average molecular weight is 419 g/mol. The van der Waals surface area contributed by atoms with Crippen LogP contribution in [-0.4, -0.2) is 37.3 Å². The van der Waals surface area contributed by atoms with E-state index in [4.69, 9.17) is 4.74 Å². The number of carbonyl (C=O) groups excluding carboxylic acids is 1. The molecule has 5 rings (SSSR count). The van der Waals surface area contributed by atoms with Crippen LogP contribution in [0.3, 0.4) is 0 Å². The van der Waals surface area contributed by atoms with Gasteiger partial charge in [-0.1, -0.05) is 11.6 Å². The second-order valence-electron chi connectivity index (χ2n) is 8.37. The van der Waals surface area contributed by atoms with Gasteiger partial charge >= 0.3 is 0 Å². The molecule has 2 aliphatic rings. The Kier molecular flexibility index (Phi) is 5.23. The zero-order chi connectivity index (χ0) is 21.4. The van der Waals surface area contributed by atoms with Gasteiger partial charge in [-0.3, -0.25) is 9.78 Å². The van der Waals surface area contributed by atoms with Gasteiger partial charge in [0.05, 0.1) is 6.04 Å². The van der Waals surface area contributed by atoms with Crippen molar-refractivity contribution < 1.29 is 9.53 Å². The molecule has 1 aliphatic heterocycles. The molecular weight excluding hydrogens is 392 g/mol. The highest BCUT2D eigenvalue weighted by molar-refractivity contribution is 5.88. The number of hydrogen-bond donors (Lipinski definition) is 1. The molecule has 3 aromatic rings. The third-order valence-corrected chi connectivity index (χ3v) is 6.33. The molecule has 8 nitrogen and oxygen atoms in total. The largest absolute Gasteiger partial charge is 0.471 e. The van der Waals surface area contributed by atoms with E-state index in [1.165, 1.54) is 0 Å². The number of carbonyl (C=O) groups is 1. The monoisotopic (exact) mass is 418 g/mol. The summed E-state index contributed by atoms with van der Waals surface area (Å²) in [4.78, 5) is 21.6. The van der Waals surface area contributed by atoms with Gasteiger partial charge in [0, 0.05) is 49.2 Å². The Labute approximate surface area is 181 Å². The number of aryl methyl sites for hydroxylation is 2. The quantitative estimate of drug-likeness (QED) is 0.658. The Hall–Kier alpha value is -3.13. The van der Waals surface area contributed by atoms with Gasteiger partial charge in [-0.05, 0) is 49.4 Å². The molecule has 1 saturated carbocycles. The van der Waals surface area contributed by atoms with E-state index in [0.717, 1.165) is 66.0 Å². The molecule has 31 heavy (non-hydrogen) atoms. The number of ether oxygens (including phenoxy) is 1. The van der Waals surface area contributed by atoms with E-state index in [1.54, 1.807) is 17.1 Å². The van der Waals surface area contributed by atoms with Gasteiger partial charge in [-0.15, -0.1) is 5.10 Å². The summed E-state index contributed by atoms with van der Waals surface area (Å²) in [7, 11) is 1.85. The van der Waals surface area contributed by atoms with Crippen LogP contribution in [0.2, 0.25) is 0 Å². The summed E-state index contributed by atoms with van der Waals surface area (Å²) >= 11 is 0. The lowest BCUT2D eigenvalue weighted by Crippen LogP contribution is -2.39. The van der Waals surface area contributed by atoms with Crippen LogP contribution in [0.15, 0.2) is 30.6 Å². The Morgan fingerprint density at radius 1 is 1.26 bits per heavy atom. The number of nitrogens with zero attached hydrogens (tertiary/aromatic N) is 5. The Morgan fingerprint density at radius 3 is 2.87 bits per heavy atom. The SMILES string of the molecule is Cc1ccc(-c2nnn(C)c2COc2cc3c(cn2)C(C(=O)C2CCC2)NCC3)cn1. The molecule has 0 bridgehead atoms. The first-order valence-electron chi connectivity index (χ1n) is 10.8. The molecule has 1 unspecified atom stereocenters. The lowest BCUT2D eigenvalue weighted by Gasteiger charge is -2.32. The zero-order valence-corrected chi connectivity index (χ0v) is 17.8. The molecule has 160 valence electrons. The summed E-state index contributed by atoms with van der Waals surface area (Å²) in [5.41, 5.74) is 5.58. The molecule has 0 saturated heterocycles. The highest BCUT2D eigenvalue weighted by Gasteiger charge is 2.34. The smallest absolute Gasteiger partial charge is 0.213 e. The summed E-state index contributed by atoms with van der Waals surface area (Å²) in [6.07, 6.45) is 7.63. The van der Waals surface area contributed by atoms with Crippen LogP contribution >= 0.6 is 0 Å². The number of hydrogen-bond acceptors (Lipinski definition) is 7. The third-order valence-electron chi connectivity index (χ3n) is 6.33. The Bertz CT molecular complexity index is 1100. The highest BCUT2D eigenvalue weighted by atomic mass is 16.5. The van der Waals surface area contributed by atoms with E-state index in [0.29, 0.717) is 18.3 Å². The number of ketones is 1. The average Bonchev–Trinajstić information content (AvgIpc) is 3.11. The van der Waals surface area contributed by atoms with Crippen LogP contribution in [-0.2, 0) is 24.9 Å². The third kappa shape index (κ3) is 3.83. The van der Waals surface area contributed by atoms with Gasteiger partial charge in [0.2, 0.25) is 5.88 Å². The molecule has 1 aliphatic carbocycles. The van der Waals surface area contributed by atoms with E-state index in [2.05, 4.69) is 25.6 Å². The minimum absolute atomic E-state index is 0.200. The summed E-state index contributed by atoms with van der Waals surface area (Å²) in [5.74, 6) is 1.05. The van der Waals surface area contributed by atoms with Crippen molar-refractivity contribution in [1.82, 2.24) is 30.3 Å². The maximum atomic E-state index is 12.8. The normalized spacial score (nSPS) is 18.3. The minimum atomic E-state index is -0.238. The van der Waals surface area contributed by atoms with Gasteiger partial charge in [0.15, 0.2) is 5.78 Å². The predicted octanol–water partition coefficient (Wildman–Crippen LogP) is 2.72. The van der Waals surface area contributed by atoms with Crippen LogP contribution in [0.1, 0.15) is 47.8 Å². The van der Waals surface area contributed by atoms with Crippen molar-refractivity contribution in [2.24, 2.45) is 13.0 Å². The van der Waals surface area contributed by atoms with Crippen molar-refractivity contribution in [3.05, 3.63) is 53.1 Å². The van der Waals surface area contributed by atoms with Crippen LogP contribution in [0.25, 0.3) is 11.3 Å². The molecule has 8 heteroatoms. The van der Waals surface area contributed by atoms with E-state index in [1.807, 2.05) is 32.2 Å². The molecule has 0 radical (unpaired) electrons. The number of Topliss-reactive ketones (excluding diaryl/α,β-unsaturated/α-hetero) is 1. The van der Waals surface area contributed by atoms with E-state index in [-0.39, 0.29) is 12.0 Å². The van der Waals surface area contributed by atoms with Crippen molar-refractivity contribution in [3.8, 4) is 17.1 Å². The maximum absolute atomic E-state index is 12.8. The summed E-state index contributed by atoms with van der Waals surface area (Å²) in [6.45, 7) is 3.03. The van der Waals surface area contributed by atoms with Gasteiger partial charge in [0.25, 0.3) is 0 Å². The van der Waals surface area contributed by atoms with E-state index < -0.39 is 0 Å². The predicted molar refractivity (Wildman–Crippen MR) is 114 cm³/mol. The van der Waals surface area contributed by atoms with Gasteiger partial charge in [-0.2, -0.15) is 0 Å². The van der Waals surface area contributed by atoms with Crippen molar-refractivity contribution in [1.29, 1.82) is 0 Å². The topological polar surface area (TPSA) is 94.8 Å². The fraction of sp³-hybridized carbons (Fsp3) is 0.435. The van der Waals surface area contributed by atoms with Crippen LogP contribution in [0.4, 0.5) is 0 Å². The molecule has 0 spiro atoms. The van der Waals surface area contributed by atoms with Gasteiger partial charge in [-0.25, -0.2) is 9.67 Å². The first kappa shape index (κ1) is 19.8. The van der Waals surface area contributed by atoms with Crippen molar-refractivity contribution in [2.45, 2.75) is 45.3 Å². The molecule has 1 atom stereocenters. The highest BCUT2D eigenvalue weighted by Crippen LogP contribution is 2.34.